The summed E-state index contributed by atoms with van der Waals surface area (Å²) in [7, 11) is 3.19. The first-order valence-electron chi connectivity index (χ1n) is 6.77. The topological polar surface area (TPSA) is 44.5 Å². The maximum atomic E-state index is 13.4. The van der Waals surface area contributed by atoms with Gasteiger partial charge in [-0.2, -0.15) is 0 Å². The third-order valence-corrected chi connectivity index (χ3v) is 3.54. The lowest BCUT2D eigenvalue weighted by Crippen LogP contribution is -2.15. The zero-order chi connectivity index (χ0) is 15.4. The maximum absolute atomic E-state index is 13.4. The minimum absolute atomic E-state index is 0.265. The van der Waals surface area contributed by atoms with Gasteiger partial charge in [0.2, 0.25) is 0 Å². The molecule has 2 N–H and O–H groups in total. The Morgan fingerprint density at radius 3 is 2.43 bits per heavy atom. The van der Waals surface area contributed by atoms with Gasteiger partial charge in [0.1, 0.15) is 5.82 Å². The predicted octanol–water partition coefficient (Wildman–Crippen LogP) is 3.39. The van der Waals surface area contributed by atoms with E-state index in [2.05, 4.69) is 0 Å². The van der Waals surface area contributed by atoms with Crippen molar-refractivity contribution in [3.05, 3.63) is 58.9 Å². The van der Waals surface area contributed by atoms with Crippen molar-refractivity contribution >= 4 is 0 Å². The van der Waals surface area contributed by atoms with E-state index in [-0.39, 0.29) is 11.9 Å². The Morgan fingerprint density at radius 1 is 1.05 bits per heavy atom. The van der Waals surface area contributed by atoms with Gasteiger partial charge in [-0.15, -0.1) is 0 Å². The number of hydrogen-bond donors (Lipinski definition) is 1. The minimum Gasteiger partial charge on any atom is -0.493 e. The first-order valence-corrected chi connectivity index (χ1v) is 6.77. The van der Waals surface area contributed by atoms with Crippen LogP contribution in [0, 0.1) is 12.7 Å². The van der Waals surface area contributed by atoms with Crippen LogP contribution >= 0.6 is 0 Å². The van der Waals surface area contributed by atoms with Crippen LogP contribution in [0.2, 0.25) is 0 Å². The molecule has 0 aliphatic rings. The third kappa shape index (κ3) is 3.52. The van der Waals surface area contributed by atoms with Crippen LogP contribution in [0.25, 0.3) is 0 Å². The van der Waals surface area contributed by atoms with E-state index in [9.17, 15) is 4.39 Å². The van der Waals surface area contributed by atoms with Gasteiger partial charge < -0.3 is 15.2 Å². The van der Waals surface area contributed by atoms with Crippen molar-refractivity contribution in [2.24, 2.45) is 5.73 Å². The quantitative estimate of drug-likeness (QED) is 0.917. The van der Waals surface area contributed by atoms with E-state index < -0.39 is 0 Å². The highest BCUT2D eigenvalue weighted by atomic mass is 19.1. The van der Waals surface area contributed by atoms with Crippen LogP contribution in [0.4, 0.5) is 4.39 Å². The van der Waals surface area contributed by atoms with Crippen molar-refractivity contribution in [1.82, 2.24) is 0 Å². The minimum atomic E-state index is -0.265. The first kappa shape index (κ1) is 15.3. The van der Waals surface area contributed by atoms with Crippen molar-refractivity contribution in [2.45, 2.75) is 19.4 Å². The van der Waals surface area contributed by atoms with Crippen LogP contribution in [0.1, 0.15) is 22.7 Å². The molecule has 1 atom stereocenters. The van der Waals surface area contributed by atoms with Crippen molar-refractivity contribution in [2.75, 3.05) is 14.2 Å². The fourth-order valence-corrected chi connectivity index (χ4v) is 2.38. The first-order chi connectivity index (χ1) is 10.0. The Kier molecular flexibility index (Phi) is 4.81. The molecule has 0 bridgehead atoms. The molecule has 2 aromatic rings. The third-order valence-electron chi connectivity index (χ3n) is 3.54. The molecule has 0 spiro atoms. The molecule has 1 unspecified atom stereocenters. The molecule has 2 aromatic carbocycles. The summed E-state index contributed by atoms with van der Waals surface area (Å²) in [6.45, 7) is 1.93. The molecule has 2 rings (SSSR count). The molecule has 0 aliphatic heterocycles. The molecule has 0 aliphatic carbocycles. The van der Waals surface area contributed by atoms with Crippen LogP contribution in [-0.2, 0) is 6.42 Å². The normalized spacial score (nSPS) is 12.0. The summed E-state index contributed by atoms with van der Waals surface area (Å²) in [6, 6.07) is 10.1. The lowest BCUT2D eigenvalue weighted by Gasteiger charge is -2.16. The number of aryl methyl sites for hydroxylation is 1. The van der Waals surface area contributed by atoms with Crippen LogP contribution in [0.5, 0.6) is 11.5 Å². The van der Waals surface area contributed by atoms with Crippen LogP contribution in [-0.4, -0.2) is 14.2 Å². The second-order valence-corrected chi connectivity index (χ2v) is 5.00. The van der Waals surface area contributed by atoms with Gasteiger partial charge in [0.15, 0.2) is 11.5 Å². The van der Waals surface area contributed by atoms with E-state index in [4.69, 9.17) is 15.2 Å². The van der Waals surface area contributed by atoms with Gasteiger partial charge in [0.25, 0.3) is 0 Å². The average molecular weight is 289 g/mol. The highest BCUT2D eigenvalue weighted by Crippen LogP contribution is 2.29. The molecule has 0 fully saturated rings. The van der Waals surface area contributed by atoms with Crippen LogP contribution in [0.3, 0.4) is 0 Å². The van der Waals surface area contributed by atoms with Crippen LogP contribution < -0.4 is 15.2 Å². The average Bonchev–Trinajstić information content (AvgIpc) is 2.49. The SMILES string of the molecule is COc1ccc(CC(N)c2cc(F)ccc2C)cc1OC. The van der Waals surface area contributed by atoms with E-state index in [1.807, 2.05) is 25.1 Å². The highest BCUT2D eigenvalue weighted by molar-refractivity contribution is 5.43. The van der Waals surface area contributed by atoms with Crippen molar-refractivity contribution < 1.29 is 13.9 Å². The molecular formula is C17H20FNO2. The molecule has 0 saturated heterocycles. The van der Waals surface area contributed by atoms with Crippen molar-refractivity contribution in [3.63, 3.8) is 0 Å². The van der Waals surface area contributed by atoms with Gasteiger partial charge in [-0.1, -0.05) is 12.1 Å². The fraction of sp³-hybridized carbons (Fsp3) is 0.294. The Bertz CT molecular complexity index is 628. The maximum Gasteiger partial charge on any atom is 0.160 e. The summed E-state index contributed by atoms with van der Waals surface area (Å²) in [5.41, 5.74) is 9.05. The van der Waals surface area contributed by atoms with Gasteiger partial charge in [0.05, 0.1) is 14.2 Å². The van der Waals surface area contributed by atoms with E-state index in [1.165, 1.54) is 12.1 Å². The number of ether oxygens (including phenoxy) is 2. The second kappa shape index (κ2) is 6.59. The number of rotatable bonds is 5. The lowest BCUT2D eigenvalue weighted by atomic mass is 9.96. The van der Waals surface area contributed by atoms with Gasteiger partial charge >= 0.3 is 0 Å². The molecule has 0 amide bonds. The molecule has 0 saturated carbocycles. The Morgan fingerprint density at radius 2 is 1.76 bits per heavy atom. The Hall–Kier alpha value is -2.07. The molecule has 0 aromatic heterocycles. The summed E-state index contributed by atoms with van der Waals surface area (Å²) in [5.74, 6) is 1.08. The number of methoxy groups -OCH3 is 2. The zero-order valence-corrected chi connectivity index (χ0v) is 12.5. The molecule has 3 nitrogen and oxygen atoms in total. The summed E-state index contributed by atoms with van der Waals surface area (Å²) >= 11 is 0. The van der Waals surface area contributed by atoms with Gasteiger partial charge in [-0.25, -0.2) is 4.39 Å². The molecule has 0 heterocycles. The van der Waals surface area contributed by atoms with Gasteiger partial charge in [-0.05, 0) is 54.3 Å². The van der Waals surface area contributed by atoms with Gasteiger partial charge in [0, 0.05) is 6.04 Å². The van der Waals surface area contributed by atoms with Crippen LogP contribution in [0.15, 0.2) is 36.4 Å². The number of halogens is 1. The Labute approximate surface area is 124 Å². The zero-order valence-electron chi connectivity index (χ0n) is 12.5. The predicted molar refractivity (Wildman–Crippen MR) is 81.3 cm³/mol. The lowest BCUT2D eigenvalue weighted by molar-refractivity contribution is 0.354. The Balaban J connectivity index is 2.23. The molecule has 112 valence electrons. The molecule has 0 radical (unpaired) electrons. The van der Waals surface area contributed by atoms with Crippen molar-refractivity contribution in [3.8, 4) is 11.5 Å². The van der Waals surface area contributed by atoms with Crippen molar-refractivity contribution in [1.29, 1.82) is 0 Å². The monoisotopic (exact) mass is 289 g/mol. The molecule has 21 heavy (non-hydrogen) atoms. The highest BCUT2D eigenvalue weighted by Gasteiger charge is 2.13. The fourth-order valence-electron chi connectivity index (χ4n) is 2.38. The summed E-state index contributed by atoms with van der Waals surface area (Å²) in [6.07, 6.45) is 0.602. The molecule has 4 heteroatoms. The van der Waals surface area contributed by atoms with E-state index in [0.717, 1.165) is 16.7 Å². The summed E-state index contributed by atoms with van der Waals surface area (Å²) < 4.78 is 23.9. The second-order valence-electron chi connectivity index (χ2n) is 5.00. The van der Waals surface area contributed by atoms with E-state index in [1.54, 1.807) is 20.3 Å². The number of hydrogen-bond acceptors (Lipinski definition) is 3. The smallest absolute Gasteiger partial charge is 0.160 e. The largest absolute Gasteiger partial charge is 0.493 e. The number of nitrogens with two attached hydrogens (primary N) is 1. The van der Waals surface area contributed by atoms with Gasteiger partial charge in [-0.3, -0.25) is 0 Å². The van der Waals surface area contributed by atoms with E-state index in [0.29, 0.717) is 17.9 Å². The number of benzene rings is 2. The molecular weight excluding hydrogens is 269 g/mol. The summed E-state index contributed by atoms with van der Waals surface area (Å²) in [4.78, 5) is 0. The van der Waals surface area contributed by atoms with E-state index >= 15 is 0 Å². The summed E-state index contributed by atoms with van der Waals surface area (Å²) in [5, 5.41) is 0. The standard InChI is InChI=1S/C17H20FNO2/c1-11-4-6-13(18)10-14(11)15(19)8-12-5-7-16(20-2)17(9-12)21-3/h4-7,9-10,15H,8,19H2,1-3H3.